The lowest BCUT2D eigenvalue weighted by Crippen LogP contribution is -2.17. The summed E-state index contributed by atoms with van der Waals surface area (Å²) in [6.07, 6.45) is 0. The van der Waals surface area contributed by atoms with Gasteiger partial charge in [0.2, 0.25) is 0 Å². The maximum Gasteiger partial charge on any atom is 0.123 e. The van der Waals surface area contributed by atoms with E-state index in [2.05, 4.69) is 12.6 Å². The molecule has 0 atom stereocenters. The molecule has 0 heterocycles. The topological polar surface area (TPSA) is 70.1 Å². The zero-order chi connectivity index (χ0) is 10.9. The van der Waals surface area contributed by atoms with Crippen molar-refractivity contribution < 1.29 is 5.11 Å². The van der Waals surface area contributed by atoms with Crippen LogP contribution in [0, 0.1) is 5.41 Å². The van der Waals surface area contributed by atoms with Gasteiger partial charge in [0, 0.05) is 10.5 Å². The molecule has 0 saturated heterocycles. The van der Waals surface area contributed by atoms with E-state index in [9.17, 15) is 5.11 Å². The lowest BCUT2D eigenvalue weighted by atomic mass is 9.97. The quantitative estimate of drug-likeness (QED) is 0.339. The Bertz CT molecular complexity index is 369. The Kier molecular flexibility index (Phi) is 2.87. The highest BCUT2D eigenvalue weighted by molar-refractivity contribution is 7.80. The highest BCUT2D eigenvalue weighted by Gasteiger charge is 2.16. The second kappa shape index (κ2) is 3.63. The summed E-state index contributed by atoms with van der Waals surface area (Å²) >= 11 is 4.21. The monoisotopic (exact) mass is 210 g/mol. The number of amidine groups is 1. The molecular formula is C10H14N2OS. The van der Waals surface area contributed by atoms with Crippen molar-refractivity contribution in [2.24, 2.45) is 5.73 Å². The summed E-state index contributed by atoms with van der Waals surface area (Å²) in [5.41, 5.74) is 5.79. The van der Waals surface area contributed by atoms with Crippen molar-refractivity contribution in [2.45, 2.75) is 24.3 Å². The van der Waals surface area contributed by atoms with Gasteiger partial charge in [-0.15, -0.1) is 12.6 Å². The largest absolute Gasteiger partial charge is 0.386 e. The Balaban J connectivity index is 3.20. The predicted octanol–water partition coefficient (Wildman–Crippen LogP) is 1.49. The fraction of sp³-hybridized carbons (Fsp3) is 0.300. The van der Waals surface area contributed by atoms with Gasteiger partial charge >= 0.3 is 0 Å². The first-order chi connectivity index (χ1) is 6.32. The molecule has 3 nitrogen and oxygen atoms in total. The van der Waals surface area contributed by atoms with Crippen LogP contribution in [-0.4, -0.2) is 10.9 Å². The molecule has 1 aromatic rings. The van der Waals surface area contributed by atoms with Crippen molar-refractivity contribution >= 4 is 18.5 Å². The fourth-order valence-electron chi connectivity index (χ4n) is 1.14. The minimum atomic E-state index is -0.896. The minimum absolute atomic E-state index is 0.0164. The third-order valence-corrected chi connectivity index (χ3v) is 2.36. The molecule has 0 aliphatic rings. The SMILES string of the molecule is CC(C)(O)c1ccc(C(=N)N)c(S)c1. The third-order valence-electron chi connectivity index (χ3n) is 1.99. The van der Waals surface area contributed by atoms with Gasteiger partial charge in [0.05, 0.1) is 5.60 Å². The summed E-state index contributed by atoms with van der Waals surface area (Å²) in [4.78, 5) is 0.608. The van der Waals surface area contributed by atoms with E-state index in [0.717, 1.165) is 5.56 Å². The van der Waals surface area contributed by atoms with E-state index < -0.39 is 5.60 Å². The number of nitrogens with two attached hydrogens (primary N) is 1. The second-order valence-corrected chi connectivity index (χ2v) is 4.19. The summed E-state index contributed by atoms with van der Waals surface area (Å²) in [5.74, 6) is -0.0164. The summed E-state index contributed by atoms with van der Waals surface area (Å²) in [5, 5.41) is 17.0. The van der Waals surface area contributed by atoms with Crippen molar-refractivity contribution in [1.82, 2.24) is 0 Å². The van der Waals surface area contributed by atoms with Crippen molar-refractivity contribution in [3.63, 3.8) is 0 Å². The standard InChI is InChI=1S/C10H14N2OS/c1-10(2,13)6-3-4-7(9(11)12)8(14)5-6/h3-5,13-14H,1-2H3,(H3,11,12). The first-order valence-electron chi connectivity index (χ1n) is 4.22. The van der Waals surface area contributed by atoms with Crippen molar-refractivity contribution in [3.8, 4) is 0 Å². The number of benzene rings is 1. The molecule has 4 N–H and O–H groups in total. The molecule has 0 amide bonds. The van der Waals surface area contributed by atoms with Crippen LogP contribution in [0.15, 0.2) is 23.1 Å². The van der Waals surface area contributed by atoms with Crippen LogP contribution in [0.5, 0.6) is 0 Å². The molecule has 0 aliphatic heterocycles. The van der Waals surface area contributed by atoms with E-state index in [-0.39, 0.29) is 5.84 Å². The molecule has 0 unspecified atom stereocenters. The number of thiol groups is 1. The molecule has 0 saturated carbocycles. The van der Waals surface area contributed by atoms with Crippen molar-refractivity contribution in [3.05, 3.63) is 29.3 Å². The molecule has 0 bridgehead atoms. The summed E-state index contributed by atoms with van der Waals surface area (Å²) in [7, 11) is 0. The van der Waals surface area contributed by atoms with Crippen molar-refractivity contribution in [1.29, 1.82) is 5.41 Å². The maximum absolute atomic E-state index is 9.72. The average molecular weight is 210 g/mol. The first-order valence-corrected chi connectivity index (χ1v) is 4.67. The Labute approximate surface area is 88.9 Å². The Morgan fingerprint density at radius 2 is 2.07 bits per heavy atom. The van der Waals surface area contributed by atoms with E-state index in [1.54, 1.807) is 32.0 Å². The smallest absolute Gasteiger partial charge is 0.123 e. The number of nitrogen functional groups attached to an aromatic ring is 1. The fourth-order valence-corrected chi connectivity index (χ4v) is 1.47. The van der Waals surface area contributed by atoms with Gasteiger partial charge in [-0.1, -0.05) is 6.07 Å². The van der Waals surface area contributed by atoms with Gasteiger partial charge in [-0.2, -0.15) is 0 Å². The molecule has 0 aliphatic carbocycles. The van der Waals surface area contributed by atoms with Crippen molar-refractivity contribution in [2.75, 3.05) is 0 Å². The Hall–Kier alpha value is -1.00. The molecule has 0 spiro atoms. The highest BCUT2D eigenvalue weighted by Crippen LogP contribution is 2.24. The van der Waals surface area contributed by atoms with E-state index in [4.69, 9.17) is 11.1 Å². The van der Waals surface area contributed by atoms with Crippen LogP contribution >= 0.6 is 12.6 Å². The molecule has 4 heteroatoms. The predicted molar refractivity (Wildman–Crippen MR) is 60.0 cm³/mol. The number of hydrogen-bond acceptors (Lipinski definition) is 3. The number of hydrogen-bond donors (Lipinski definition) is 4. The molecule has 1 aromatic carbocycles. The lowest BCUT2D eigenvalue weighted by molar-refractivity contribution is 0.0784. The summed E-state index contributed by atoms with van der Waals surface area (Å²) < 4.78 is 0. The van der Waals surface area contributed by atoms with Crippen LogP contribution in [0.3, 0.4) is 0 Å². The van der Waals surface area contributed by atoms with Gasteiger partial charge in [-0.3, -0.25) is 5.41 Å². The summed E-state index contributed by atoms with van der Waals surface area (Å²) in [6, 6.07) is 5.16. The number of nitrogens with one attached hydrogen (secondary N) is 1. The Morgan fingerprint density at radius 3 is 2.43 bits per heavy atom. The zero-order valence-electron chi connectivity index (χ0n) is 8.20. The molecule has 0 fully saturated rings. The molecular weight excluding hydrogens is 196 g/mol. The molecule has 76 valence electrons. The Morgan fingerprint density at radius 1 is 1.50 bits per heavy atom. The molecule has 14 heavy (non-hydrogen) atoms. The van der Waals surface area contributed by atoms with Gasteiger partial charge in [0.25, 0.3) is 0 Å². The van der Waals surface area contributed by atoms with E-state index in [1.807, 2.05) is 0 Å². The van der Waals surface area contributed by atoms with Crippen LogP contribution < -0.4 is 5.73 Å². The van der Waals surface area contributed by atoms with Crippen LogP contribution in [0.4, 0.5) is 0 Å². The molecule has 0 aromatic heterocycles. The lowest BCUT2D eigenvalue weighted by Gasteiger charge is -2.18. The van der Waals surface area contributed by atoms with Gasteiger partial charge in [0.15, 0.2) is 0 Å². The van der Waals surface area contributed by atoms with Gasteiger partial charge in [-0.05, 0) is 31.5 Å². The minimum Gasteiger partial charge on any atom is -0.386 e. The summed E-state index contributed by atoms with van der Waals surface area (Å²) in [6.45, 7) is 3.39. The van der Waals surface area contributed by atoms with Crippen LogP contribution in [0.25, 0.3) is 0 Å². The van der Waals surface area contributed by atoms with Crippen LogP contribution in [0.2, 0.25) is 0 Å². The third kappa shape index (κ3) is 2.27. The number of rotatable bonds is 2. The first kappa shape index (κ1) is 11.1. The van der Waals surface area contributed by atoms with Gasteiger partial charge in [-0.25, -0.2) is 0 Å². The second-order valence-electron chi connectivity index (χ2n) is 3.70. The van der Waals surface area contributed by atoms with E-state index in [1.165, 1.54) is 0 Å². The average Bonchev–Trinajstić information content (AvgIpc) is 2.01. The van der Waals surface area contributed by atoms with Gasteiger partial charge < -0.3 is 10.8 Å². The van der Waals surface area contributed by atoms with Gasteiger partial charge in [0.1, 0.15) is 5.84 Å². The highest BCUT2D eigenvalue weighted by atomic mass is 32.1. The zero-order valence-corrected chi connectivity index (χ0v) is 9.10. The van der Waals surface area contributed by atoms with E-state index in [0.29, 0.717) is 10.5 Å². The van der Waals surface area contributed by atoms with Crippen LogP contribution in [-0.2, 0) is 5.60 Å². The molecule has 1 rings (SSSR count). The normalized spacial score (nSPS) is 11.4. The number of aliphatic hydroxyl groups is 1. The molecule has 0 radical (unpaired) electrons. The maximum atomic E-state index is 9.72. The van der Waals surface area contributed by atoms with E-state index >= 15 is 0 Å². The van der Waals surface area contributed by atoms with Crippen LogP contribution in [0.1, 0.15) is 25.0 Å².